The second kappa shape index (κ2) is 6.60. The summed E-state index contributed by atoms with van der Waals surface area (Å²) in [4.78, 5) is 0.842. The molecule has 118 valence electrons. The molecular formula is C12H8O6S4-2. The van der Waals surface area contributed by atoms with Gasteiger partial charge in [-0.2, -0.15) is 0 Å². The maximum atomic E-state index is 10.8. The monoisotopic (exact) mass is 376 g/mol. The minimum absolute atomic E-state index is 0.299. The van der Waals surface area contributed by atoms with Crippen molar-refractivity contribution in [2.45, 2.75) is 19.6 Å². The molecule has 0 aliphatic carbocycles. The molecule has 2 aromatic rings. The van der Waals surface area contributed by atoms with E-state index in [1.54, 1.807) is 0 Å². The van der Waals surface area contributed by atoms with Gasteiger partial charge in [-0.05, 0) is 48.5 Å². The molecule has 0 N–H and O–H groups in total. The largest absolute Gasteiger partial charge is 0.744 e. The summed E-state index contributed by atoms with van der Waals surface area (Å²) in [6, 6.07) is 10.9. The van der Waals surface area contributed by atoms with Crippen molar-refractivity contribution in [3.63, 3.8) is 0 Å². The van der Waals surface area contributed by atoms with Gasteiger partial charge in [0.15, 0.2) is 0 Å². The molecule has 0 spiro atoms. The highest BCUT2D eigenvalue weighted by Gasteiger charge is 2.04. The van der Waals surface area contributed by atoms with Gasteiger partial charge in [0.05, 0.1) is 9.79 Å². The van der Waals surface area contributed by atoms with Crippen LogP contribution in [0, 0.1) is 0 Å². The Bertz CT molecular complexity index is 779. The van der Waals surface area contributed by atoms with Gasteiger partial charge in [0, 0.05) is 9.79 Å². The van der Waals surface area contributed by atoms with Gasteiger partial charge in [-0.1, -0.05) is 21.6 Å². The zero-order valence-electron chi connectivity index (χ0n) is 10.7. The molecule has 0 radical (unpaired) electrons. The molecule has 0 fully saturated rings. The molecule has 0 bridgehead atoms. The molecule has 0 aliphatic heterocycles. The number of hydrogen-bond donors (Lipinski definition) is 0. The quantitative estimate of drug-likeness (QED) is 0.577. The minimum atomic E-state index is -4.46. The molecule has 0 aliphatic rings. The number of rotatable bonds is 5. The van der Waals surface area contributed by atoms with E-state index in [-0.39, 0.29) is 9.79 Å². The van der Waals surface area contributed by atoms with Crippen LogP contribution in [0.15, 0.2) is 68.1 Å². The lowest BCUT2D eigenvalue weighted by Gasteiger charge is -2.08. The number of benzene rings is 2. The summed E-state index contributed by atoms with van der Waals surface area (Å²) < 4.78 is 64.8. The maximum Gasteiger partial charge on any atom is 0.124 e. The van der Waals surface area contributed by atoms with Crippen LogP contribution in [0.5, 0.6) is 0 Å². The van der Waals surface area contributed by atoms with Gasteiger partial charge in [-0.3, -0.25) is 0 Å². The second-order valence-electron chi connectivity index (χ2n) is 4.02. The summed E-state index contributed by atoms with van der Waals surface area (Å²) in [6.45, 7) is 0. The average Bonchev–Trinajstić information content (AvgIpc) is 2.44. The Balaban J connectivity index is 2.04. The first-order valence-electron chi connectivity index (χ1n) is 5.63. The van der Waals surface area contributed by atoms with Crippen LogP contribution >= 0.6 is 21.6 Å². The van der Waals surface area contributed by atoms with Crippen LogP contribution in [0.25, 0.3) is 0 Å². The van der Waals surface area contributed by atoms with E-state index in [1.165, 1.54) is 70.1 Å². The predicted molar refractivity (Wildman–Crippen MR) is 80.5 cm³/mol. The Morgan fingerprint density at radius 1 is 0.591 bits per heavy atom. The van der Waals surface area contributed by atoms with Gasteiger partial charge < -0.3 is 9.11 Å². The Hall–Kier alpha value is -1.04. The molecule has 0 atom stereocenters. The summed E-state index contributed by atoms with van der Waals surface area (Å²) in [5.74, 6) is 0. The maximum absolute atomic E-state index is 10.8. The number of hydrogen-bond acceptors (Lipinski definition) is 8. The molecule has 0 saturated heterocycles. The van der Waals surface area contributed by atoms with Crippen molar-refractivity contribution < 1.29 is 25.9 Å². The predicted octanol–water partition coefficient (Wildman–Crippen LogP) is 2.29. The molecule has 0 heterocycles. The molecule has 2 aromatic carbocycles. The van der Waals surface area contributed by atoms with Gasteiger partial charge in [-0.15, -0.1) is 0 Å². The van der Waals surface area contributed by atoms with Gasteiger partial charge in [0.2, 0.25) is 0 Å². The van der Waals surface area contributed by atoms with E-state index in [0.29, 0.717) is 0 Å². The average molecular weight is 376 g/mol. The highest BCUT2D eigenvalue weighted by Crippen LogP contribution is 2.37. The molecule has 0 unspecified atom stereocenters. The molecule has 0 saturated carbocycles. The van der Waals surface area contributed by atoms with Crippen molar-refractivity contribution in [1.82, 2.24) is 0 Å². The van der Waals surface area contributed by atoms with Crippen molar-refractivity contribution in [2.75, 3.05) is 0 Å². The molecule has 0 amide bonds. The smallest absolute Gasteiger partial charge is 0.124 e. The van der Waals surface area contributed by atoms with Crippen LogP contribution in [-0.2, 0) is 20.2 Å². The molecule has 10 heteroatoms. The van der Waals surface area contributed by atoms with Gasteiger partial charge in [0.1, 0.15) is 20.2 Å². The van der Waals surface area contributed by atoms with Gasteiger partial charge >= 0.3 is 0 Å². The standard InChI is InChI=1S/C12H10O6S4/c13-21(14,15)11-5-1-9(2-6-11)19-20-10-3-7-12(8-4-10)22(16,17)18/h1-8H,(H,13,14,15)(H,16,17,18)/p-2. The molecular weight excluding hydrogens is 368 g/mol. The highest BCUT2D eigenvalue weighted by molar-refractivity contribution is 8.76. The molecule has 22 heavy (non-hydrogen) atoms. The summed E-state index contributed by atoms with van der Waals surface area (Å²) in [7, 11) is -6.32. The third kappa shape index (κ3) is 4.73. The van der Waals surface area contributed by atoms with Crippen molar-refractivity contribution in [3.8, 4) is 0 Å². The van der Waals surface area contributed by atoms with Crippen LogP contribution < -0.4 is 0 Å². The van der Waals surface area contributed by atoms with E-state index in [4.69, 9.17) is 0 Å². The Morgan fingerprint density at radius 3 is 1.09 bits per heavy atom. The fourth-order valence-electron chi connectivity index (χ4n) is 1.42. The third-order valence-corrected chi connectivity index (χ3v) is 6.58. The summed E-state index contributed by atoms with van der Waals surface area (Å²) in [5.41, 5.74) is 0. The lowest BCUT2D eigenvalue weighted by molar-refractivity contribution is 0.460. The summed E-state index contributed by atoms with van der Waals surface area (Å²) in [5, 5.41) is 0. The first kappa shape index (κ1) is 17.3. The summed E-state index contributed by atoms with van der Waals surface area (Å²) >= 11 is 0. The lowest BCUT2D eigenvalue weighted by Crippen LogP contribution is -1.97. The van der Waals surface area contributed by atoms with E-state index in [1.807, 2.05) is 0 Å². The van der Waals surface area contributed by atoms with E-state index < -0.39 is 20.2 Å². The van der Waals surface area contributed by atoms with Crippen molar-refractivity contribution >= 4 is 41.8 Å². The van der Waals surface area contributed by atoms with Crippen LogP contribution in [0.2, 0.25) is 0 Å². The fourth-order valence-corrected chi connectivity index (χ4v) is 4.29. The summed E-state index contributed by atoms with van der Waals surface area (Å²) in [6.07, 6.45) is 0. The third-order valence-electron chi connectivity index (χ3n) is 2.46. The minimum Gasteiger partial charge on any atom is -0.744 e. The van der Waals surface area contributed by atoms with Crippen LogP contribution in [-0.4, -0.2) is 25.9 Å². The van der Waals surface area contributed by atoms with E-state index in [0.717, 1.165) is 9.79 Å². The van der Waals surface area contributed by atoms with Gasteiger partial charge in [-0.25, -0.2) is 16.8 Å². The molecule has 0 aromatic heterocycles. The molecule has 2 rings (SSSR count). The Kier molecular flexibility index (Phi) is 5.20. The van der Waals surface area contributed by atoms with Crippen LogP contribution in [0.1, 0.15) is 0 Å². The zero-order chi connectivity index (χ0) is 16.4. The highest BCUT2D eigenvalue weighted by atomic mass is 33.1. The molecule has 6 nitrogen and oxygen atoms in total. The Labute approximate surface area is 135 Å². The Morgan fingerprint density at radius 2 is 0.864 bits per heavy atom. The van der Waals surface area contributed by atoms with Gasteiger partial charge in [0.25, 0.3) is 0 Å². The van der Waals surface area contributed by atoms with Crippen molar-refractivity contribution in [3.05, 3.63) is 48.5 Å². The normalized spacial score (nSPS) is 12.3. The van der Waals surface area contributed by atoms with Crippen molar-refractivity contribution in [1.29, 1.82) is 0 Å². The van der Waals surface area contributed by atoms with E-state index >= 15 is 0 Å². The van der Waals surface area contributed by atoms with E-state index in [2.05, 4.69) is 0 Å². The zero-order valence-corrected chi connectivity index (χ0v) is 14.0. The van der Waals surface area contributed by atoms with Crippen LogP contribution in [0.4, 0.5) is 0 Å². The SMILES string of the molecule is O=S(=O)([O-])c1ccc(SSc2ccc(S(=O)(=O)[O-])cc2)cc1. The first-order chi connectivity index (χ1) is 10.2. The van der Waals surface area contributed by atoms with E-state index in [9.17, 15) is 25.9 Å². The first-order valence-corrected chi connectivity index (χ1v) is 10.6. The van der Waals surface area contributed by atoms with Crippen molar-refractivity contribution in [2.24, 2.45) is 0 Å². The topological polar surface area (TPSA) is 114 Å². The second-order valence-corrected chi connectivity index (χ2v) is 9.05. The van der Waals surface area contributed by atoms with Crippen LogP contribution in [0.3, 0.4) is 0 Å². The lowest BCUT2D eigenvalue weighted by atomic mass is 10.4. The fraction of sp³-hybridized carbons (Fsp3) is 0.